The van der Waals surface area contributed by atoms with Gasteiger partial charge in [-0.05, 0) is 38.7 Å². The van der Waals surface area contributed by atoms with Gasteiger partial charge >= 0.3 is 0 Å². The van der Waals surface area contributed by atoms with E-state index < -0.39 is 0 Å². The first kappa shape index (κ1) is 14.7. The lowest BCUT2D eigenvalue weighted by Gasteiger charge is -2.22. The average molecular weight is 253 g/mol. The number of nitrogens with zero attached hydrogens (tertiary/aromatic N) is 1. The van der Waals surface area contributed by atoms with E-state index in [1.807, 2.05) is 38.1 Å². The molecule has 1 heterocycles. The largest absolute Gasteiger partial charge is 0.468 e. The van der Waals surface area contributed by atoms with Gasteiger partial charge in [-0.1, -0.05) is 6.92 Å². The molecule has 1 amide bonds. The maximum Gasteiger partial charge on any atom is 0.220 e. The maximum absolute atomic E-state index is 11.7. The molecule has 0 saturated carbocycles. The highest BCUT2D eigenvalue weighted by Gasteiger charge is 2.18. The van der Waals surface area contributed by atoms with E-state index in [0.29, 0.717) is 19.5 Å². The van der Waals surface area contributed by atoms with Crippen molar-refractivity contribution in [3.63, 3.8) is 0 Å². The number of furan rings is 1. The third kappa shape index (κ3) is 4.50. The molecule has 0 fully saturated rings. The van der Waals surface area contributed by atoms with Gasteiger partial charge in [0.25, 0.3) is 0 Å². The van der Waals surface area contributed by atoms with Crippen molar-refractivity contribution in [1.82, 2.24) is 10.2 Å². The van der Waals surface area contributed by atoms with Crippen LogP contribution in [0.1, 0.15) is 25.1 Å². The van der Waals surface area contributed by atoms with Crippen LogP contribution in [0.25, 0.3) is 0 Å². The van der Waals surface area contributed by atoms with E-state index in [4.69, 9.17) is 10.2 Å². The fourth-order valence-electron chi connectivity index (χ4n) is 1.70. The predicted octanol–water partition coefficient (Wildman–Crippen LogP) is 0.983. The monoisotopic (exact) mass is 253 g/mol. The summed E-state index contributed by atoms with van der Waals surface area (Å²) < 4.78 is 5.38. The molecule has 2 unspecified atom stereocenters. The van der Waals surface area contributed by atoms with Gasteiger partial charge in [0, 0.05) is 13.0 Å². The molecule has 0 radical (unpaired) electrons. The zero-order valence-corrected chi connectivity index (χ0v) is 11.3. The molecular formula is C13H23N3O2. The average Bonchev–Trinajstić information content (AvgIpc) is 2.82. The Bertz CT molecular complexity index is 349. The molecule has 5 nitrogen and oxygen atoms in total. The summed E-state index contributed by atoms with van der Waals surface area (Å²) in [5.41, 5.74) is 5.50. The minimum absolute atomic E-state index is 0.0337. The fourth-order valence-corrected chi connectivity index (χ4v) is 1.70. The van der Waals surface area contributed by atoms with Gasteiger partial charge in [0.2, 0.25) is 5.91 Å². The number of nitrogens with two attached hydrogens (primary N) is 1. The zero-order chi connectivity index (χ0) is 13.5. The quantitative estimate of drug-likeness (QED) is 0.760. The fraction of sp³-hybridized carbons (Fsp3) is 0.615. The lowest BCUT2D eigenvalue weighted by Crippen LogP contribution is -2.35. The molecule has 18 heavy (non-hydrogen) atoms. The summed E-state index contributed by atoms with van der Waals surface area (Å²) in [6.07, 6.45) is 2.11. The highest BCUT2D eigenvalue weighted by molar-refractivity contribution is 5.76. The van der Waals surface area contributed by atoms with Crippen LogP contribution in [0.5, 0.6) is 0 Å². The van der Waals surface area contributed by atoms with Crippen LogP contribution in [0.4, 0.5) is 0 Å². The molecule has 0 aliphatic carbocycles. The Labute approximate surface area is 108 Å². The van der Waals surface area contributed by atoms with E-state index in [2.05, 4.69) is 5.32 Å². The second-order valence-corrected chi connectivity index (χ2v) is 4.84. The number of amides is 1. The van der Waals surface area contributed by atoms with Crippen molar-refractivity contribution < 1.29 is 9.21 Å². The van der Waals surface area contributed by atoms with E-state index in [1.54, 1.807) is 6.26 Å². The van der Waals surface area contributed by atoms with Crippen LogP contribution in [0.15, 0.2) is 22.8 Å². The van der Waals surface area contributed by atoms with Crippen molar-refractivity contribution in [3.8, 4) is 0 Å². The van der Waals surface area contributed by atoms with Crippen LogP contribution in [-0.4, -0.2) is 38.0 Å². The van der Waals surface area contributed by atoms with Gasteiger partial charge in [0.1, 0.15) is 5.76 Å². The Kier molecular flexibility index (Phi) is 5.88. The summed E-state index contributed by atoms with van der Waals surface area (Å²) in [6, 6.07) is 3.82. The van der Waals surface area contributed by atoms with Crippen molar-refractivity contribution in [3.05, 3.63) is 24.2 Å². The smallest absolute Gasteiger partial charge is 0.220 e. The van der Waals surface area contributed by atoms with Crippen molar-refractivity contribution >= 4 is 5.91 Å². The minimum Gasteiger partial charge on any atom is -0.468 e. The Morgan fingerprint density at radius 1 is 1.56 bits per heavy atom. The molecule has 0 bridgehead atoms. The minimum atomic E-state index is 0.0337. The molecule has 0 aliphatic rings. The number of carbonyl (C=O) groups excluding carboxylic acids is 1. The highest BCUT2D eigenvalue weighted by Crippen LogP contribution is 2.17. The number of rotatable bonds is 7. The van der Waals surface area contributed by atoms with Gasteiger partial charge in [-0.3, -0.25) is 9.69 Å². The molecule has 3 N–H and O–H groups in total. The Hall–Kier alpha value is -1.33. The first-order valence-corrected chi connectivity index (χ1v) is 6.21. The second-order valence-electron chi connectivity index (χ2n) is 4.84. The van der Waals surface area contributed by atoms with Crippen LogP contribution >= 0.6 is 0 Å². The lowest BCUT2D eigenvalue weighted by molar-refractivity contribution is -0.122. The van der Waals surface area contributed by atoms with E-state index in [9.17, 15) is 4.79 Å². The number of hydrogen-bond acceptors (Lipinski definition) is 4. The molecule has 0 aromatic carbocycles. The van der Waals surface area contributed by atoms with Crippen molar-refractivity contribution in [2.45, 2.75) is 19.4 Å². The summed E-state index contributed by atoms with van der Waals surface area (Å²) in [6.45, 7) is 3.04. The molecule has 0 spiro atoms. The molecule has 0 aliphatic heterocycles. The number of carbonyl (C=O) groups is 1. The van der Waals surface area contributed by atoms with Gasteiger partial charge < -0.3 is 15.5 Å². The summed E-state index contributed by atoms with van der Waals surface area (Å²) in [7, 11) is 3.92. The standard InChI is InChI=1S/C13H23N3O2/c1-10(8-14)7-13(17)15-9-11(16(2)3)12-5-4-6-18-12/h4-6,10-11H,7-9,14H2,1-3H3,(H,15,17). The first-order chi connectivity index (χ1) is 8.54. The molecule has 2 atom stereocenters. The molecule has 1 aromatic heterocycles. The predicted molar refractivity (Wildman–Crippen MR) is 71.0 cm³/mol. The lowest BCUT2D eigenvalue weighted by atomic mass is 10.1. The molecule has 0 saturated heterocycles. The first-order valence-electron chi connectivity index (χ1n) is 6.21. The van der Waals surface area contributed by atoms with Gasteiger partial charge in [0.05, 0.1) is 12.3 Å². The van der Waals surface area contributed by atoms with Crippen molar-refractivity contribution in [2.75, 3.05) is 27.2 Å². The molecule has 5 heteroatoms. The Morgan fingerprint density at radius 2 is 2.28 bits per heavy atom. The maximum atomic E-state index is 11.7. The highest BCUT2D eigenvalue weighted by atomic mass is 16.3. The van der Waals surface area contributed by atoms with Crippen molar-refractivity contribution in [2.24, 2.45) is 11.7 Å². The summed E-state index contributed by atoms with van der Waals surface area (Å²) in [4.78, 5) is 13.7. The topological polar surface area (TPSA) is 71.5 Å². The summed E-state index contributed by atoms with van der Waals surface area (Å²) in [5, 5.41) is 2.92. The number of likely N-dealkylation sites (N-methyl/N-ethyl adjacent to an activating group) is 1. The second kappa shape index (κ2) is 7.18. The van der Waals surface area contributed by atoms with E-state index in [-0.39, 0.29) is 17.9 Å². The van der Waals surface area contributed by atoms with Crippen LogP contribution in [-0.2, 0) is 4.79 Å². The van der Waals surface area contributed by atoms with E-state index >= 15 is 0 Å². The molecule has 1 rings (SSSR count). The zero-order valence-electron chi connectivity index (χ0n) is 11.3. The normalized spacial score (nSPS) is 14.5. The van der Waals surface area contributed by atoms with Gasteiger partial charge in [-0.2, -0.15) is 0 Å². The molecular weight excluding hydrogens is 230 g/mol. The van der Waals surface area contributed by atoms with Gasteiger partial charge in [-0.15, -0.1) is 0 Å². The molecule has 1 aromatic rings. The van der Waals surface area contributed by atoms with Crippen LogP contribution in [0.3, 0.4) is 0 Å². The van der Waals surface area contributed by atoms with Crippen LogP contribution < -0.4 is 11.1 Å². The van der Waals surface area contributed by atoms with Crippen molar-refractivity contribution in [1.29, 1.82) is 0 Å². The SMILES string of the molecule is CC(CN)CC(=O)NCC(c1ccco1)N(C)C. The third-order valence-electron chi connectivity index (χ3n) is 2.92. The Morgan fingerprint density at radius 3 is 2.78 bits per heavy atom. The third-order valence-corrected chi connectivity index (χ3v) is 2.92. The van der Waals surface area contributed by atoms with Gasteiger partial charge in [0.15, 0.2) is 0 Å². The number of nitrogens with one attached hydrogen (secondary N) is 1. The van der Waals surface area contributed by atoms with Gasteiger partial charge in [-0.25, -0.2) is 0 Å². The molecule has 102 valence electrons. The van der Waals surface area contributed by atoms with E-state index in [1.165, 1.54) is 0 Å². The number of hydrogen-bond donors (Lipinski definition) is 2. The van der Waals surface area contributed by atoms with E-state index in [0.717, 1.165) is 5.76 Å². The van der Waals surface area contributed by atoms with Crippen LogP contribution in [0, 0.1) is 5.92 Å². The summed E-state index contributed by atoms with van der Waals surface area (Å²) in [5.74, 6) is 1.10. The van der Waals surface area contributed by atoms with Crippen LogP contribution in [0.2, 0.25) is 0 Å². The summed E-state index contributed by atoms with van der Waals surface area (Å²) >= 11 is 0. The Balaban J connectivity index is 2.46.